The first-order valence-electron chi connectivity index (χ1n) is 2.60. The molecule has 56 valence electrons. The second kappa shape index (κ2) is 4.61. The predicted octanol–water partition coefficient (Wildman–Crippen LogP) is 3.00. The van der Waals surface area contributed by atoms with Gasteiger partial charge in [0.15, 0.2) is 0 Å². The molecule has 0 saturated heterocycles. The quantitative estimate of drug-likeness (QED) is 0.329. The summed E-state index contributed by atoms with van der Waals surface area (Å²) in [4.78, 5) is 0. The molecule has 0 amide bonds. The summed E-state index contributed by atoms with van der Waals surface area (Å²) >= 11 is 10.1. The smallest absolute Gasteiger partial charge is 0.0225 e. The Kier molecular flexibility index (Phi) is 5.51. The van der Waals surface area contributed by atoms with Gasteiger partial charge in [-0.15, -0.1) is 2.93 Å². The standard InChI is InChI=1S/C5H10I2S2/c1-3-4-5(2)9(6,7)8/h3-5,9H,1-2H3/b4-3-. The van der Waals surface area contributed by atoms with Crippen LogP contribution in [0.2, 0.25) is 0 Å². The van der Waals surface area contributed by atoms with E-state index in [2.05, 4.69) is 61.5 Å². The molecule has 0 aliphatic rings. The van der Waals surface area contributed by atoms with Crippen molar-refractivity contribution in [3.63, 3.8) is 0 Å². The molecule has 1 unspecified atom stereocenters. The molecular weight excluding hydrogens is 378 g/mol. The van der Waals surface area contributed by atoms with E-state index in [1.54, 1.807) is 0 Å². The minimum Gasteiger partial charge on any atom is -0.105 e. The molecule has 9 heavy (non-hydrogen) atoms. The van der Waals surface area contributed by atoms with Crippen LogP contribution in [0.15, 0.2) is 12.2 Å². The summed E-state index contributed by atoms with van der Waals surface area (Å²) in [5.74, 6) is 0. The Morgan fingerprint density at radius 2 is 2.00 bits per heavy atom. The largest absolute Gasteiger partial charge is 0.105 e. The molecule has 0 fully saturated rings. The maximum Gasteiger partial charge on any atom is 0.0225 e. The van der Waals surface area contributed by atoms with Crippen LogP contribution in [-0.2, 0) is 14.1 Å². The molecule has 0 aromatic carbocycles. The molecule has 0 aromatic rings. The van der Waals surface area contributed by atoms with Gasteiger partial charge in [0.2, 0.25) is 0 Å². The van der Waals surface area contributed by atoms with Crippen LogP contribution in [0.25, 0.3) is 0 Å². The van der Waals surface area contributed by atoms with Gasteiger partial charge < -0.3 is 0 Å². The lowest BCUT2D eigenvalue weighted by Gasteiger charge is -2.15. The lowest BCUT2D eigenvalue weighted by molar-refractivity contribution is 1.25. The molecule has 1 atom stereocenters. The van der Waals surface area contributed by atoms with Crippen LogP contribution in [0.5, 0.6) is 0 Å². The van der Waals surface area contributed by atoms with Crippen LogP contribution in [0.4, 0.5) is 0 Å². The number of allylic oxidation sites excluding steroid dienone is 1. The zero-order valence-electron chi connectivity index (χ0n) is 5.34. The van der Waals surface area contributed by atoms with Crippen molar-refractivity contribution in [1.82, 2.24) is 0 Å². The van der Waals surface area contributed by atoms with E-state index in [1.165, 1.54) is 0 Å². The molecule has 0 rings (SSSR count). The van der Waals surface area contributed by atoms with E-state index in [9.17, 15) is 0 Å². The summed E-state index contributed by atoms with van der Waals surface area (Å²) in [5.41, 5.74) is 0. The Hall–Kier alpha value is 1.77. The molecule has 4 heteroatoms. The van der Waals surface area contributed by atoms with Gasteiger partial charge in [0.25, 0.3) is 0 Å². The van der Waals surface area contributed by atoms with Crippen molar-refractivity contribution in [2.75, 3.05) is 0 Å². The van der Waals surface area contributed by atoms with E-state index < -0.39 is 2.93 Å². The third-order valence-corrected chi connectivity index (χ3v) is 8.34. The van der Waals surface area contributed by atoms with Crippen molar-refractivity contribution in [2.45, 2.75) is 19.1 Å². The fourth-order valence-corrected chi connectivity index (χ4v) is 2.08. The molecule has 0 heterocycles. The van der Waals surface area contributed by atoms with E-state index >= 15 is 0 Å². The van der Waals surface area contributed by atoms with Gasteiger partial charge in [0.05, 0.1) is 0 Å². The molecule has 0 N–H and O–H groups in total. The summed E-state index contributed by atoms with van der Waals surface area (Å²) < 4.78 is -1.09. The van der Waals surface area contributed by atoms with E-state index in [-0.39, 0.29) is 0 Å². The van der Waals surface area contributed by atoms with Crippen molar-refractivity contribution in [3.05, 3.63) is 12.2 Å². The monoisotopic (exact) mass is 388 g/mol. The SMILES string of the molecule is C/C=C\C(C)[SH](=S)(I)I. The van der Waals surface area contributed by atoms with Gasteiger partial charge in [-0.2, -0.15) is 0 Å². The minimum atomic E-state index is -1.09. The number of hydrogen-bond donors (Lipinski definition) is 1. The average Bonchev–Trinajstić information content (AvgIpc) is 1.64. The number of halogens is 2. The first-order chi connectivity index (χ1) is 3.98. The van der Waals surface area contributed by atoms with Crippen molar-refractivity contribution in [3.8, 4) is 0 Å². The first-order valence-corrected chi connectivity index (χ1v) is 11.0. The Bertz CT molecular complexity index is 147. The highest BCUT2D eigenvalue weighted by Gasteiger charge is 2.07. The lowest BCUT2D eigenvalue weighted by atomic mass is 10.4. The maximum absolute atomic E-state index is 5.31. The van der Waals surface area contributed by atoms with E-state index in [1.807, 2.05) is 6.92 Å². The summed E-state index contributed by atoms with van der Waals surface area (Å²) in [5, 5.41) is 0.582. The maximum atomic E-state index is 5.31. The fraction of sp³-hybridized carbons (Fsp3) is 0.600. The Balaban J connectivity index is 4.05. The van der Waals surface area contributed by atoms with Gasteiger partial charge in [-0.3, -0.25) is 0 Å². The van der Waals surface area contributed by atoms with Crippen LogP contribution >= 0.6 is 42.4 Å². The van der Waals surface area contributed by atoms with E-state index in [4.69, 9.17) is 11.2 Å². The number of hydrogen-bond acceptors (Lipinski definition) is 1. The van der Waals surface area contributed by atoms with Crippen LogP contribution < -0.4 is 0 Å². The van der Waals surface area contributed by atoms with Gasteiger partial charge in [-0.1, -0.05) is 23.3 Å². The highest BCUT2D eigenvalue weighted by molar-refractivity contribution is 14.3. The second-order valence-electron chi connectivity index (χ2n) is 1.77. The zero-order valence-corrected chi connectivity index (χ0v) is 11.4. The van der Waals surface area contributed by atoms with E-state index in [0.29, 0.717) is 5.25 Å². The van der Waals surface area contributed by atoms with Crippen molar-refractivity contribution in [1.29, 1.82) is 0 Å². The summed E-state index contributed by atoms with van der Waals surface area (Å²) in [7, 11) is 0. The molecule has 0 radical (unpaired) electrons. The molecule has 0 aliphatic carbocycles. The molecule has 0 aromatic heterocycles. The second-order valence-corrected chi connectivity index (χ2v) is 23.9. The van der Waals surface area contributed by atoms with Crippen LogP contribution in [0, 0.1) is 0 Å². The zero-order chi connectivity index (χ0) is 7.49. The first kappa shape index (κ1) is 10.8. The lowest BCUT2D eigenvalue weighted by Crippen LogP contribution is -2.06. The Morgan fingerprint density at radius 1 is 1.56 bits per heavy atom. The van der Waals surface area contributed by atoms with Gasteiger partial charge in [0, 0.05) is 5.25 Å². The van der Waals surface area contributed by atoms with Crippen molar-refractivity contribution < 1.29 is 0 Å². The third-order valence-electron chi connectivity index (χ3n) is 0.945. The van der Waals surface area contributed by atoms with Gasteiger partial charge in [-0.25, -0.2) is 0 Å². The molecular formula is C5H10I2S2. The molecule has 0 nitrogen and oxygen atoms in total. The van der Waals surface area contributed by atoms with E-state index in [0.717, 1.165) is 0 Å². The highest BCUT2D eigenvalue weighted by atomic mass is 127. The number of rotatable bonds is 2. The topological polar surface area (TPSA) is 0 Å². The predicted molar refractivity (Wildman–Crippen MR) is 68.4 cm³/mol. The molecule has 0 saturated carbocycles. The normalized spacial score (nSPS) is 18.2. The van der Waals surface area contributed by atoms with Gasteiger partial charge in [-0.05, 0) is 56.3 Å². The Morgan fingerprint density at radius 3 is 2.11 bits per heavy atom. The average molecular weight is 388 g/mol. The summed E-state index contributed by atoms with van der Waals surface area (Å²) in [6.07, 6.45) is 4.25. The number of thiol groups is 1. The van der Waals surface area contributed by atoms with Crippen molar-refractivity contribution >= 4 is 56.5 Å². The van der Waals surface area contributed by atoms with Gasteiger partial charge in [0.1, 0.15) is 0 Å². The molecule has 0 spiro atoms. The van der Waals surface area contributed by atoms with Gasteiger partial charge >= 0.3 is 0 Å². The highest BCUT2D eigenvalue weighted by Crippen LogP contribution is 2.30. The molecule has 0 aliphatic heterocycles. The van der Waals surface area contributed by atoms with Crippen LogP contribution in [0.1, 0.15) is 13.8 Å². The minimum absolute atomic E-state index is 0.582. The summed E-state index contributed by atoms with van der Waals surface area (Å²) in [6, 6.07) is 0. The third kappa shape index (κ3) is 5.09. The summed E-state index contributed by atoms with van der Waals surface area (Å²) in [6.45, 7) is 4.22. The van der Waals surface area contributed by atoms with Crippen LogP contribution in [-0.4, -0.2) is 5.25 Å². The molecule has 0 bridgehead atoms. The Labute approximate surface area is 86.6 Å². The van der Waals surface area contributed by atoms with Crippen LogP contribution in [0.3, 0.4) is 0 Å². The van der Waals surface area contributed by atoms with Crippen molar-refractivity contribution in [2.24, 2.45) is 0 Å². The fourth-order valence-electron chi connectivity index (χ4n) is 0.379.